The maximum absolute atomic E-state index is 12.6. The fourth-order valence-electron chi connectivity index (χ4n) is 3.24. The molecular formula is C18H24O5. The maximum atomic E-state index is 12.6. The molecule has 0 bridgehead atoms. The van der Waals surface area contributed by atoms with E-state index in [1.807, 2.05) is 0 Å². The Morgan fingerprint density at radius 2 is 1.70 bits per heavy atom. The van der Waals surface area contributed by atoms with Crippen LogP contribution in [-0.4, -0.2) is 38.4 Å². The lowest BCUT2D eigenvalue weighted by molar-refractivity contribution is -0.172. The van der Waals surface area contributed by atoms with Crippen molar-refractivity contribution in [3.8, 4) is 0 Å². The zero-order valence-electron chi connectivity index (χ0n) is 13.9. The average Bonchev–Trinajstić information content (AvgIpc) is 2.66. The predicted molar refractivity (Wildman–Crippen MR) is 85.7 cm³/mol. The Morgan fingerprint density at radius 3 is 2.26 bits per heavy atom. The molecule has 1 heterocycles. The highest BCUT2D eigenvalue weighted by molar-refractivity contribution is 6.00. The molecule has 0 saturated heterocycles. The first-order chi connectivity index (χ1) is 11.0. The molecule has 2 rings (SSSR count). The minimum atomic E-state index is -1.33. The van der Waals surface area contributed by atoms with E-state index >= 15 is 0 Å². The van der Waals surface area contributed by atoms with E-state index in [2.05, 4.69) is 13.2 Å². The maximum Gasteiger partial charge on any atom is 0.323 e. The van der Waals surface area contributed by atoms with Gasteiger partial charge in [-0.3, -0.25) is 9.59 Å². The number of ether oxygens (including phenoxy) is 3. The highest BCUT2D eigenvalue weighted by Crippen LogP contribution is 2.44. The van der Waals surface area contributed by atoms with E-state index in [0.29, 0.717) is 26.1 Å². The molecule has 0 aromatic carbocycles. The van der Waals surface area contributed by atoms with Crippen molar-refractivity contribution in [3.63, 3.8) is 0 Å². The molecule has 5 nitrogen and oxygen atoms in total. The number of hydrogen-bond acceptors (Lipinski definition) is 5. The van der Waals surface area contributed by atoms with E-state index in [4.69, 9.17) is 14.2 Å². The third-order valence-corrected chi connectivity index (χ3v) is 4.31. The number of allylic oxidation sites excluding steroid dienone is 1. The lowest BCUT2D eigenvalue weighted by atomic mass is 9.78. The van der Waals surface area contributed by atoms with Crippen LogP contribution in [0.3, 0.4) is 0 Å². The van der Waals surface area contributed by atoms with Crippen LogP contribution in [0.4, 0.5) is 0 Å². The summed E-state index contributed by atoms with van der Waals surface area (Å²) in [7, 11) is 0. The van der Waals surface area contributed by atoms with Crippen LogP contribution in [0.2, 0.25) is 0 Å². The van der Waals surface area contributed by atoms with Crippen molar-refractivity contribution >= 4 is 11.9 Å². The summed E-state index contributed by atoms with van der Waals surface area (Å²) in [6, 6.07) is 0. The van der Waals surface area contributed by atoms with Gasteiger partial charge in [0.2, 0.25) is 0 Å². The summed E-state index contributed by atoms with van der Waals surface area (Å²) in [5.74, 6) is -1.06. The molecule has 0 spiro atoms. The Kier molecular flexibility index (Phi) is 5.42. The molecule has 0 atom stereocenters. The SMILES string of the molecule is C=C1CCC(C(=O)OCC)(C(=O)OCC)CC2=C1C(=C)COC2. The van der Waals surface area contributed by atoms with E-state index in [1.165, 1.54) is 0 Å². The van der Waals surface area contributed by atoms with E-state index in [9.17, 15) is 9.59 Å². The van der Waals surface area contributed by atoms with Crippen molar-refractivity contribution in [1.29, 1.82) is 0 Å². The van der Waals surface area contributed by atoms with Gasteiger partial charge in [-0.25, -0.2) is 0 Å². The van der Waals surface area contributed by atoms with Gasteiger partial charge < -0.3 is 14.2 Å². The fourth-order valence-corrected chi connectivity index (χ4v) is 3.24. The Labute approximate surface area is 137 Å². The summed E-state index contributed by atoms with van der Waals surface area (Å²) in [4.78, 5) is 25.2. The van der Waals surface area contributed by atoms with Crippen LogP contribution < -0.4 is 0 Å². The molecule has 0 aromatic rings. The predicted octanol–water partition coefficient (Wildman–Crippen LogP) is 2.72. The van der Waals surface area contributed by atoms with Crippen molar-refractivity contribution in [2.45, 2.75) is 33.1 Å². The zero-order chi connectivity index (χ0) is 17.0. The van der Waals surface area contributed by atoms with Crippen LogP contribution in [0.25, 0.3) is 0 Å². The molecule has 0 unspecified atom stereocenters. The third-order valence-electron chi connectivity index (χ3n) is 4.31. The molecule has 2 aliphatic rings. The minimum Gasteiger partial charge on any atom is -0.465 e. The summed E-state index contributed by atoms with van der Waals surface area (Å²) in [5.41, 5.74) is 2.26. The monoisotopic (exact) mass is 320 g/mol. The first kappa shape index (κ1) is 17.5. The molecule has 23 heavy (non-hydrogen) atoms. The standard InChI is InChI=1S/C18H24O5/c1-5-22-16(19)18(17(20)23-6-2)8-7-12(3)15-13(4)10-21-11-14(15)9-18/h3-11H2,1-2H3. The van der Waals surface area contributed by atoms with Gasteiger partial charge in [-0.15, -0.1) is 0 Å². The van der Waals surface area contributed by atoms with E-state index in [-0.39, 0.29) is 19.6 Å². The van der Waals surface area contributed by atoms with Gasteiger partial charge in [0.25, 0.3) is 0 Å². The topological polar surface area (TPSA) is 61.8 Å². The Morgan fingerprint density at radius 1 is 1.09 bits per heavy atom. The summed E-state index contributed by atoms with van der Waals surface area (Å²) in [6.45, 7) is 12.8. The molecule has 0 radical (unpaired) electrons. The van der Waals surface area contributed by atoms with E-state index in [1.54, 1.807) is 13.8 Å². The van der Waals surface area contributed by atoms with E-state index < -0.39 is 17.4 Å². The molecule has 1 aliphatic heterocycles. The molecule has 126 valence electrons. The molecule has 5 heteroatoms. The molecule has 1 aliphatic carbocycles. The zero-order valence-corrected chi connectivity index (χ0v) is 13.9. The second-order valence-corrected chi connectivity index (χ2v) is 5.88. The summed E-state index contributed by atoms with van der Waals surface area (Å²) >= 11 is 0. The number of esters is 2. The molecule has 0 aromatic heterocycles. The van der Waals surface area contributed by atoms with Crippen molar-refractivity contribution in [1.82, 2.24) is 0 Å². The summed E-state index contributed by atoms with van der Waals surface area (Å²) < 4.78 is 15.9. The van der Waals surface area contributed by atoms with Gasteiger partial charge in [0.05, 0.1) is 26.4 Å². The van der Waals surface area contributed by atoms with Gasteiger partial charge in [0.1, 0.15) is 0 Å². The normalized spacial score (nSPS) is 20.6. The molecular weight excluding hydrogens is 296 g/mol. The summed E-state index contributed by atoms with van der Waals surface area (Å²) in [6.07, 6.45) is 1.08. The highest BCUT2D eigenvalue weighted by Gasteiger charge is 2.51. The van der Waals surface area contributed by atoms with E-state index in [0.717, 1.165) is 22.3 Å². The lowest BCUT2D eigenvalue weighted by Gasteiger charge is -2.29. The smallest absolute Gasteiger partial charge is 0.323 e. The van der Waals surface area contributed by atoms with Crippen molar-refractivity contribution in [2.75, 3.05) is 26.4 Å². The Hall–Kier alpha value is -1.88. The first-order valence-corrected chi connectivity index (χ1v) is 7.96. The van der Waals surface area contributed by atoms with Crippen LogP contribution in [0.15, 0.2) is 35.5 Å². The third kappa shape index (κ3) is 3.24. The van der Waals surface area contributed by atoms with Crippen molar-refractivity contribution in [3.05, 3.63) is 35.5 Å². The average molecular weight is 320 g/mol. The summed E-state index contributed by atoms with van der Waals surface area (Å²) in [5, 5.41) is 0. The van der Waals surface area contributed by atoms with Gasteiger partial charge >= 0.3 is 11.9 Å². The van der Waals surface area contributed by atoms with Gasteiger partial charge in [-0.2, -0.15) is 0 Å². The van der Waals surface area contributed by atoms with Crippen LogP contribution >= 0.6 is 0 Å². The minimum absolute atomic E-state index is 0.218. The Balaban J connectivity index is 2.47. The number of carbonyl (C=O) groups is 2. The van der Waals surface area contributed by atoms with Crippen LogP contribution in [-0.2, 0) is 23.8 Å². The Bertz CT molecular complexity index is 552. The van der Waals surface area contributed by atoms with Gasteiger partial charge in [0.15, 0.2) is 5.41 Å². The molecule has 0 N–H and O–H groups in total. The molecule has 0 fully saturated rings. The highest BCUT2D eigenvalue weighted by atomic mass is 16.6. The van der Waals surface area contributed by atoms with Gasteiger partial charge in [0, 0.05) is 0 Å². The molecule has 0 saturated carbocycles. The fraction of sp³-hybridized carbons (Fsp3) is 0.556. The first-order valence-electron chi connectivity index (χ1n) is 7.96. The van der Waals surface area contributed by atoms with Gasteiger partial charge in [-0.1, -0.05) is 13.2 Å². The number of rotatable bonds is 4. The van der Waals surface area contributed by atoms with Gasteiger partial charge in [-0.05, 0) is 55.4 Å². The number of hydrogen-bond donors (Lipinski definition) is 0. The van der Waals surface area contributed by atoms with Crippen molar-refractivity contribution in [2.24, 2.45) is 5.41 Å². The quantitative estimate of drug-likeness (QED) is 0.589. The van der Waals surface area contributed by atoms with Crippen LogP contribution in [0, 0.1) is 5.41 Å². The second kappa shape index (κ2) is 7.13. The second-order valence-electron chi connectivity index (χ2n) is 5.88. The van der Waals surface area contributed by atoms with Crippen molar-refractivity contribution < 1.29 is 23.8 Å². The largest absolute Gasteiger partial charge is 0.465 e. The van der Waals surface area contributed by atoms with Crippen LogP contribution in [0.5, 0.6) is 0 Å². The van der Waals surface area contributed by atoms with Crippen LogP contribution in [0.1, 0.15) is 33.1 Å². The number of carbonyl (C=O) groups excluding carboxylic acids is 2. The molecule has 0 amide bonds. The lowest BCUT2D eigenvalue weighted by Crippen LogP contribution is -2.42.